The van der Waals surface area contributed by atoms with Crippen LogP contribution in [0.25, 0.3) is 0 Å². The minimum Gasteiger partial charge on any atom is -0.454 e. The molecule has 0 radical (unpaired) electrons. The zero-order valence-corrected chi connectivity index (χ0v) is 14.2. The first kappa shape index (κ1) is 18.5. The van der Waals surface area contributed by atoms with E-state index < -0.39 is 65.0 Å². The molecule has 3 aliphatic rings. The minimum atomic E-state index is -1.80. The van der Waals surface area contributed by atoms with Crippen molar-refractivity contribution in [2.45, 2.75) is 75.8 Å². The average molecular weight is 360 g/mol. The summed E-state index contributed by atoms with van der Waals surface area (Å²) < 4.78 is 10.6. The molecule has 8 atom stereocenters. The van der Waals surface area contributed by atoms with Crippen molar-refractivity contribution in [3.63, 3.8) is 0 Å². The molecular formula is C16H24O9. The van der Waals surface area contributed by atoms with Crippen LogP contribution in [0.2, 0.25) is 0 Å². The fourth-order valence-corrected chi connectivity index (χ4v) is 4.26. The summed E-state index contributed by atoms with van der Waals surface area (Å²) in [7, 11) is 0. The van der Waals surface area contributed by atoms with Crippen LogP contribution >= 0.6 is 0 Å². The van der Waals surface area contributed by atoms with E-state index in [1.807, 2.05) is 0 Å². The van der Waals surface area contributed by atoms with Gasteiger partial charge in [-0.05, 0) is 19.8 Å². The molecule has 0 aromatic carbocycles. The predicted molar refractivity (Wildman–Crippen MR) is 79.9 cm³/mol. The Hall–Kier alpha value is -1.26. The van der Waals surface area contributed by atoms with Gasteiger partial charge in [-0.2, -0.15) is 0 Å². The van der Waals surface area contributed by atoms with Crippen LogP contribution in [-0.2, 0) is 19.1 Å². The van der Waals surface area contributed by atoms with Crippen molar-refractivity contribution in [1.82, 2.24) is 0 Å². The number of hydrogen-bond donors (Lipinski definition) is 5. The molecule has 2 saturated carbocycles. The van der Waals surface area contributed by atoms with E-state index in [1.165, 1.54) is 0 Å². The highest BCUT2D eigenvalue weighted by Gasteiger charge is 2.76. The molecule has 1 aliphatic heterocycles. The quantitative estimate of drug-likeness (QED) is 0.346. The fourth-order valence-electron chi connectivity index (χ4n) is 4.26. The summed E-state index contributed by atoms with van der Waals surface area (Å²) in [6.45, 7) is 5.15. The molecular weight excluding hydrogens is 336 g/mol. The van der Waals surface area contributed by atoms with Gasteiger partial charge in [-0.3, -0.25) is 4.79 Å². The molecule has 142 valence electrons. The van der Waals surface area contributed by atoms with Crippen LogP contribution < -0.4 is 0 Å². The van der Waals surface area contributed by atoms with E-state index >= 15 is 0 Å². The lowest BCUT2D eigenvalue weighted by atomic mass is 9.66. The van der Waals surface area contributed by atoms with E-state index in [2.05, 4.69) is 0 Å². The number of fused-ring (bicyclic) bond motifs is 2. The Morgan fingerprint density at radius 2 is 1.44 bits per heavy atom. The maximum atomic E-state index is 12.8. The number of rotatable bonds is 2. The van der Waals surface area contributed by atoms with Gasteiger partial charge in [0.15, 0.2) is 6.10 Å². The number of esters is 2. The minimum absolute atomic E-state index is 0.230. The summed E-state index contributed by atoms with van der Waals surface area (Å²) in [4.78, 5) is 25.0. The first-order valence-corrected chi connectivity index (χ1v) is 8.25. The van der Waals surface area contributed by atoms with Gasteiger partial charge < -0.3 is 35.0 Å². The summed E-state index contributed by atoms with van der Waals surface area (Å²) in [5, 5.41) is 49.1. The molecule has 2 aliphatic carbocycles. The first-order chi connectivity index (χ1) is 11.4. The summed E-state index contributed by atoms with van der Waals surface area (Å²) in [6.07, 6.45) is -10.0. The fraction of sp³-hybridized carbons (Fsp3) is 0.875. The van der Waals surface area contributed by atoms with E-state index in [-0.39, 0.29) is 6.42 Å². The van der Waals surface area contributed by atoms with Gasteiger partial charge in [0.25, 0.3) is 0 Å². The number of carbonyl (C=O) groups is 2. The standard InChI is InChI=1S/C16H24O9/c1-14(2)15(3)4-5-16(14,25-12(15)22)13(23)24-11-9(20)7(18)6(17)8(19)10(11)21/h6-11,17-21H,4-5H2,1-3H3/t6?,7-,8+,9-,10-,11?,15+,16-/m1/s1. The van der Waals surface area contributed by atoms with E-state index in [9.17, 15) is 35.1 Å². The van der Waals surface area contributed by atoms with Crippen molar-refractivity contribution < 1.29 is 44.6 Å². The SMILES string of the molecule is CC1(C)[C@@]2(C)CC[C@]1(C(=O)OC1[C@H](O)[C@H](O)C(O)[C@H](O)[C@H]1O)OC2=O. The summed E-state index contributed by atoms with van der Waals surface area (Å²) in [5.74, 6) is -1.47. The molecule has 1 saturated heterocycles. The van der Waals surface area contributed by atoms with Gasteiger partial charge in [-0.25, -0.2) is 4.79 Å². The molecule has 2 unspecified atom stereocenters. The Morgan fingerprint density at radius 1 is 0.960 bits per heavy atom. The Labute approximate surface area is 144 Å². The molecule has 2 bridgehead atoms. The monoisotopic (exact) mass is 360 g/mol. The van der Waals surface area contributed by atoms with Crippen LogP contribution in [0.15, 0.2) is 0 Å². The second-order valence-electron chi connectivity index (χ2n) is 8.00. The molecule has 5 N–H and O–H groups in total. The van der Waals surface area contributed by atoms with Crippen molar-refractivity contribution in [1.29, 1.82) is 0 Å². The van der Waals surface area contributed by atoms with Gasteiger partial charge >= 0.3 is 11.9 Å². The van der Waals surface area contributed by atoms with Crippen LogP contribution in [0, 0.1) is 10.8 Å². The number of hydrogen-bond acceptors (Lipinski definition) is 9. The third-order valence-electron chi connectivity index (χ3n) is 6.73. The topological polar surface area (TPSA) is 154 Å². The first-order valence-electron chi connectivity index (χ1n) is 8.25. The van der Waals surface area contributed by atoms with Crippen molar-refractivity contribution in [3.8, 4) is 0 Å². The summed E-state index contributed by atoms with van der Waals surface area (Å²) in [6, 6.07) is 0. The van der Waals surface area contributed by atoms with Crippen LogP contribution in [0.3, 0.4) is 0 Å². The van der Waals surface area contributed by atoms with Crippen molar-refractivity contribution >= 4 is 11.9 Å². The van der Waals surface area contributed by atoms with Crippen LogP contribution in [0.1, 0.15) is 33.6 Å². The van der Waals surface area contributed by atoms with Crippen LogP contribution in [0.5, 0.6) is 0 Å². The second kappa shape index (κ2) is 5.37. The summed E-state index contributed by atoms with van der Waals surface area (Å²) in [5.41, 5.74) is -3.30. The normalized spacial score (nSPS) is 51.3. The van der Waals surface area contributed by atoms with E-state index in [0.717, 1.165) is 0 Å². The van der Waals surface area contributed by atoms with Gasteiger partial charge in [-0.1, -0.05) is 13.8 Å². The second-order valence-corrected chi connectivity index (χ2v) is 8.00. The molecule has 3 fully saturated rings. The predicted octanol–water partition coefficient (Wildman–Crippen LogP) is -2.16. The third-order valence-corrected chi connectivity index (χ3v) is 6.73. The zero-order valence-electron chi connectivity index (χ0n) is 14.2. The van der Waals surface area contributed by atoms with Crippen LogP contribution in [-0.4, -0.2) is 79.7 Å². The van der Waals surface area contributed by atoms with E-state index in [4.69, 9.17) is 9.47 Å². The number of ether oxygens (including phenoxy) is 2. The maximum Gasteiger partial charge on any atom is 0.351 e. The molecule has 9 heteroatoms. The number of carbonyl (C=O) groups excluding carboxylic acids is 2. The highest BCUT2D eigenvalue weighted by Crippen LogP contribution is 2.65. The Balaban J connectivity index is 1.87. The van der Waals surface area contributed by atoms with E-state index in [0.29, 0.717) is 6.42 Å². The lowest BCUT2D eigenvalue weighted by Gasteiger charge is -2.43. The summed E-state index contributed by atoms with van der Waals surface area (Å²) >= 11 is 0. The molecule has 25 heavy (non-hydrogen) atoms. The van der Waals surface area contributed by atoms with Crippen molar-refractivity contribution in [3.05, 3.63) is 0 Å². The lowest BCUT2D eigenvalue weighted by molar-refractivity contribution is -0.242. The molecule has 0 spiro atoms. The largest absolute Gasteiger partial charge is 0.454 e. The smallest absolute Gasteiger partial charge is 0.351 e. The highest BCUT2D eigenvalue weighted by molar-refractivity contribution is 5.93. The van der Waals surface area contributed by atoms with Gasteiger partial charge in [-0.15, -0.1) is 0 Å². The molecule has 9 nitrogen and oxygen atoms in total. The van der Waals surface area contributed by atoms with Gasteiger partial charge in [0.05, 0.1) is 5.41 Å². The Morgan fingerprint density at radius 3 is 1.84 bits per heavy atom. The van der Waals surface area contributed by atoms with Gasteiger partial charge in [0.1, 0.15) is 30.5 Å². The van der Waals surface area contributed by atoms with Crippen molar-refractivity contribution in [2.24, 2.45) is 10.8 Å². The average Bonchev–Trinajstić information content (AvgIpc) is 2.85. The van der Waals surface area contributed by atoms with E-state index in [1.54, 1.807) is 20.8 Å². The molecule has 0 amide bonds. The number of aliphatic hydroxyl groups is 5. The van der Waals surface area contributed by atoms with Crippen LogP contribution in [0.4, 0.5) is 0 Å². The zero-order chi connectivity index (χ0) is 18.9. The number of aliphatic hydroxyl groups excluding tert-OH is 5. The van der Waals surface area contributed by atoms with Crippen molar-refractivity contribution in [2.75, 3.05) is 0 Å². The maximum absolute atomic E-state index is 12.8. The lowest BCUT2D eigenvalue weighted by Crippen LogP contribution is -2.65. The highest BCUT2D eigenvalue weighted by atomic mass is 16.6. The Kier molecular flexibility index (Phi) is 3.98. The molecule has 3 rings (SSSR count). The van der Waals surface area contributed by atoms with Gasteiger partial charge in [0, 0.05) is 5.41 Å². The third kappa shape index (κ3) is 2.07. The molecule has 0 aromatic rings. The van der Waals surface area contributed by atoms with Gasteiger partial charge in [0.2, 0.25) is 5.60 Å². The Bertz CT molecular complexity index is 588. The molecule has 1 heterocycles. The molecule has 0 aromatic heterocycles.